The van der Waals surface area contributed by atoms with Crippen LogP contribution in [0.3, 0.4) is 0 Å². The van der Waals surface area contributed by atoms with Crippen molar-refractivity contribution < 1.29 is 36.7 Å². The van der Waals surface area contributed by atoms with Crippen LogP contribution in [0.1, 0.15) is 167 Å². The predicted molar refractivity (Wildman–Crippen MR) is 534 cm³/mol. The molecule has 4 N–H and O–H groups in total. The Balaban J connectivity index is 0.000000111. The number of aromatic nitrogens is 12. The van der Waals surface area contributed by atoms with E-state index in [0.717, 1.165) is 157 Å². The molecular weight excluding hydrogens is 1770 g/mol. The lowest BCUT2D eigenvalue weighted by molar-refractivity contribution is 0.0869. The van der Waals surface area contributed by atoms with Crippen LogP contribution in [0.25, 0.3) is 112 Å². The van der Waals surface area contributed by atoms with Crippen molar-refractivity contribution in [3.8, 4) is 89.5 Å². The maximum atomic E-state index is 13.9. The minimum Gasteiger partial charge on any atom is -0.349 e. The van der Waals surface area contributed by atoms with Crippen LogP contribution in [0.5, 0.6) is 0 Å². The zero-order valence-electron chi connectivity index (χ0n) is 79.6. The summed E-state index contributed by atoms with van der Waals surface area (Å²) in [5.74, 6) is -1.27. The van der Waals surface area contributed by atoms with Gasteiger partial charge < -0.3 is 40.9 Å². The summed E-state index contributed by atoms with van der Waals surface area (Å²) >= 11 is 0. The zero-order valence-corrected chi connectivity index (χ0v) is 79.6. The van der Waals surface area contributed by atoms with E-state index in [0.29, 0.717) is 98.6 Å². The molecule has 8 bridgehead atoms. The zero-order chi connectivity index (χ0) is 96.4. The molecule has 8 saturated heterocycles. The third kappa shape index (κ3) is 18.4. The number of aryl methyl sites for hydroxylation is 4. The summed E-state index contributed by atoms with van der Waals surface area (Å²) in [6.45, 7) is 7.00. The number of halogens is 4. The molecular formula is C112H112F4N20O4. The van der Waals surface area contributed by atoms with Gasteiger partial charge in [0, 0.05) is 172 Å². The van der Waals surface area contributed by atoms with Crippen LogP contribution in [0.2, 0.25) is 0 Å². The first-order chi connectivity index (χ1) is 67.9. The summed E-state index contributed by atoms with van der Waals surface area (Å²) in [6.07, 6.45) is 38.8. The third-order valence-corrected chi connectivity index (χ3v) is 31.0. The average molecular weight is 1880 g/mol. The fourth-order valence-electron chi connectivity index (χ4n) is 23.1. The number of rotatable bonds is 16. The van der Waals surface area contributed by atoms with Crippen molar-refractivity contribution >= 4 is 45.8 Å². The maximum Gasteiger partial charge on any atom is 0.270 e. The Morgan fingerprint density at radius 3 is 0.843 bits per heavy atom. The van der Waals surface area contributed by atoms with Crippen molar-refractivity contribution in [1.29, 1.82) is 0 Å². The van der Waals surface area contributed by atoms with Crippen molar-refractivity contribution in [2.45, 2.75) is 203 Å². The highest BCUT2D eigenvalue weighted by atomic mass is 19.1. The molecule has 24 rings (SSSR count). The number of pyridine rings is 8. The van der Waals surface area contributed by atoms with Crippen LogP contribution >= 0.6 is 0 Å². The minimum atomic E-state index is -0.237. The molecule has 0 saturated carbocycles. The van der Waals surface area contributed by atoms with E-state index >= 15 is 0 Å². The van der Waals surface area contributed by atoms with E-state index in [9.17, 15) is 36.7 Å². The average Bonchev–Trinajstić information content (AvgIpc) is 1.27. The van der Waals surface area contributed by atoms with Gasteiger partial charge >= 0.3 is 0 Å². The monoisotopic (exact) mass is 1880 g/mol. The van der Waals surface area contributed by atoms with Gasteiger partial charge in [-0.05, 0) is 343 Å². The quantitative estimate of drug-likeness (QED) is 0.0656. The number of carbonyl (C=O) groups excluding carboxylic acids is 4. The molecule has 8 aliphatic heterocycles. The summed E-state index contributed by atoms with van der Waals surface area (Å²) in [6, 6.07) is 56.7. The van der Waals surface area contributed by atoms with Crippen molar-refractivity contribution in [3.63, 3.8) is 0 Å². The van der Waals surface area contributed by atoms with Gasteiger partial charge in [0.15, 0.2) is 0 Å². The summed E-state index contributed by atoms with van der Waals surface area (Å²) in [7, 11) is 8.81. The number of carbonyl (C=O) groups is 4. The van der Waals surface area contributed by atoms with Crippen LogP contribution in [-0.2, 0) is 0 Å². The largest absolute Gasteiger partial charge is 0.349 e. The topological polar surface area (TPSA) is 250 Å². The molecule has 140 heavy (non-hydrogen) atoms. The minimum absolute atomic E-state index is 0.0772. The molecule has 0 aliphatic carbocycles. The summed E-state index contributed by atoms with van der Waals surface area (Å²) in [5.41, 5.74) is 21.3. The van der Waals surface area contributed by atoms with Gasteiger partial charge in [-0.25, -0.2) is 36.1 Å². The third-order valence-electron chi connectivity index (χ3n) is 31.0. The smallest absolute Gasteiger partial charge is 0.270 e. The van der Waals surface area contributed by atoms with E-state index in [1.165, 1.54) is 75.6 Å². The summed E-state index contributed by atoms with van der Waals surface area (Å²) in [4.78, 5) is 85.9. The van der Waals surface area contributed by atoms with Gasteiger partial charge in [-0.2, -0.15) is 15.3 Å². The Kier molecular flexibility index (Phi) is 25.5. The highest BCUT2D eigenvalue weighted by Gasteiger charge is 2.44. The molecule has 0 spiro atoms. The van der Waals surface area contributed by atoms with Gasteiger partial charge in [-0.1, -0.05) is 24.3 Å². The lowest BCUT2D eigenvalue weighted by Gasteiger charge is -2.36. The molecule has 8 fully saturated rings. The molecule has 16 aromatic rings. The lowest BCUT2D eigenvalue weighted by atomic mass is 9.97. The van der Waals surface area contributed by atoms with E-state index < -0.39 is 0 Å². The van der Waals surface area contributed by atoms with Crippen molar-refractivity contribution in [2.75, 3.05) is 28.2 Å². The summed E-state index contributed by atoms with van der Waals surface area (Å²) in [5, 5.41) is 26.3. The second-order valence-corrected chi connectivity index (χ2v) is 39.4. The summed E-state index contributed by atoms with van der Waals surface area (Å²) < 4.78 is 62.5. The highest BCUT2D eigenvalue weighted by molar-refractivity contribution is 6.04. The number of imidazole rings is 1. The first-order valence-electron chi connectivity index (χ1n) is 48.8. The first-order valence-corrected chi connectivity index (χ1v) is 48.8. The van der Waals surface area contributed by atoms with Gasteiger partial charge in [0.2, 0.25) is 0 Å². The second-order valence-electron chi connectivity index (χ2n) is 39.4. The van der Waals surface area contributed by atoms with Crippen LogP contribution in [0.4, 0.5) is 17.6 Å². The molecule has 28 heteroatoms. The lowest BCUT2D eigenvalue weighted by Crippen LogP contribution is -2.48. The molecule has 4 aromatic carbocycles. The second kappa shape index (κ2) is 38.8. The highest BCUT2D eigenvalue weighted by Crippen LogP contribution is 2.43. The Hall–Kier alpha value is -14.3. The molecule has 20 heterocycles. The number of nitrogens with one attached hydrogen (secondary N) is 4. The van der Waals surface area contributed by atoms with E-state index in [-0.39, 0.29) is 71.1 Å². The maximum absolute atomic E-state index is 13.9. The Bertz CT molecular complexity index is 6530. The van der Waals surface area contributed by atoms with E-state index in [2.05, 4.69) is 109 Å². The molecule has 0 radical (unpaired) electrons. The molecule has 4 amide bonds. The van der Waals surface area contributed by atoms with Gasteiger partial charge in [0.1, 0.15) is 34.6 Å². The molecule has 712 valence electrons. The SMILES string of the molecule is Cc1cc(-c2ncccc2-c2ccc3ncc(C(=O)NC4CC5CCC(C4)N5C)n3c2)ccc1F.Cc1cc(-c2ncccc2-c2ccn3ncc(C(=O)NC4CC5CCC(C4)N5C)c3c2)ccc1F.Cc1cc(-c2ncccc2-c2ccn3ncc(C(=O)NC4CC5CCC(C4)N5C)c3c2)ccc1F.Cc1cc(-c2ncccc2-c2ccn3ncc(C(=O)NC4CC5CCC(C4)N5C)c3c2)ccc1F. The first kappa shape index (κ1) is 92.1. The number of hydrogen-bond acceptors (Lipinski definition) is 16. The number of amides is 4. The Labute approximate surface area is 809 Å². The number of fused-ring (bicyclic) bond motifs is 12. The fourth-order valence-corrected chi connectivity index (χ4v) is 23.1. The molecule has 8 unspecified atom stereocenters. The van der Waals surface area contributed by atoms with Crippen molar-refractivity contribution in [1.82, 2.24) is 99.0 Å². The van der Waals surface area contributed by atoms with Gasteiger partial charge in [-0.3, -0.25) is 43.5 Å². The fraction of sp³-hybridized carbons (Fsp3) is 0.321. The van der Waals surface area contributed by atoms with Crippen LogP contribution in [-0.4, -0.2) is 202 Å². The van der Waals surface area contributed by atoms with Gasteiger partial charge in [0.25, 0.3) is 23.6 Å². The predicted octanol–water partition coefficient (Wildman–Crippen LogP) is 19.5. The Morgan fingerprint density at radius 1 is 0.300 bits per heavy atom. The Morgan fingerprint density at radius 2 is 0.564 bits per heavy atom. The van der Waals surface area contributed by atoms with Crippen molar-refractivity contribution in [2.24, 2.45) is 0 Å². The van der Waals surface area contributed by atoms with E-state index in [1.807, 2.05) is 151 Å². The number of benzene rings is 4. The van der Waals surface area contributed by atoms with E-state index in [4.69, 9.17) is 0 Å². The van der Waals surface area contributed by atoms with Crippen LogP contribution in [0, 0.1) is 51.0 Å². The van der Waals surface area contributed by atoms with Crippen molar-refractivity contribution in [3.05, 3.63) is 312 Å². The normalized spacial score (nSPS) is 22.0. The number of nitrogens with zero attached hydrogens (tertiary/aromatic N) is 16. The number of piperidine rings is 4. The van der Waals surface area contributed by atoms with Gasteiger partial charge in [0.05, 0.1) is 80.8 Å². The van der Waals surface area contributed by atoms with Crippen LogP contribution in [0.15, 0.2) is 244 Å². The molecule has 24 nitrogen and oxygen atoms in total. The molecule has 12 aromatic heterocycles. The van der Waals surface area contributed by atoms with Gasteiger partial charge in [-0.15, -0.1) is 0 Å². The molecule has 8 aliphatic rings. The van der Waals surface area contributed by atoms with Crippen LogP contribution < -0.4 is 21.3 Å². The standard InChI is InChI=1S/4C28H28FN5O/c1-17-12-18(5-9-24(17)29)27-23(4-3-11-30-27)19-6-10-26-31-15-25(34(26)16-19)28(35)32-20-13-21-7-8-22(14-20)33(21)2;3*1-17-12-19(5-8-25(17)29)27-23(4-3-10-30-27)18-9-11-34-26(13-18)24(16-31-34)28(35)32-20-14-21-6-7-22(15-20)33(21)2/h3-6,9-12,15-16,20-22H,7-8,13-14H2,1-2H3,(H,32,35);3*3-5,8-13,16,20-22H,6-7,14-15H2,1-2H3,(H,32,35). The molecule has 8 atom stereocenters. The van der Waals surface area contributed by atoms with E-state index in [1.54, 1.807) is 115 Å². The number of hydrogen-bond donors (Lipinski definition) is 4.